The Morgan fingerprint density at radius 2 is 1.14 bits per heavy atom. The van der Waals surface area contributed by atoms with Gasteiger partial charge in [0.15, 0.2) is 0 Å². The summed E-state index contributed by atoms with van der Waals surface area (Å²) in [5.41, 5.74) is 1.34. The number of nitrogens with zero attached hydrogens (tertiary/aromatic N) is 2. The van der Waals surface area contributed by atoms with Gasteiger partial charge in [-0.15, -0.1) is 0 Å². The Labute approximate surface area is 451 Å². The molecule has 0 N–H and O–H groups in total. The van der Waals surface area contributed by atoms with Gasteiger partial charge >= 0.3 is 148 Å². The Bertz CT molecular complexity index is 2270. The molecule has 0 spiro atoms. The number of aryl methyl sites for hydroxylation is 1. The molecule has 0 radical (unpaired) electrons. The van der Waals surface area contributed by atoms with E-state index in [0.29, 0.717) is 27.6 Å². The number of benzene rings is 4. The van der Waals surface area contributed by atoms with E-state index in [1.54, 1.807) is 13.0 Å². The molecule has 0 aromatic heterocycles. The fourth-order valence-electron chi connectivity index (χ4n) is 5.63. The van der Waals surface area contributed by atoms with Crippen molar-refractivity contribution in [1.29, 1.82) is 0 Å². The first-order valence-electron chi connectivity index (χ1n) is 15.5. The van der Waals surface area contributed by atoms with E-state index < -0.39 is 61.2 Å². The monoisotopic (exact) mass is 878 g/mol. The summed E-state index contributed by atoms with van der Waals surface area (Å²) in [6.45, 7) is -2.13. The number of anilines is 2. The summed E-state index contributed by atoms with van der Waals surface area (Å²) in [6, 6.07) is 13.9. The second kappa shape index (κ2) is 25.7. The molecule has 0 saturated carbocycles. The molecule has 3 aromatic carbocycles. The van der Waals surface area contributed by atoms with Crippen LogP contribution in [0.25, 0.3) is 33.4 Å². The van der Waals surface area contributed by atoms with Crippen LogP contribution >= 0.6 is 23.2 Å². The number of carbonyl (C=O) groups is 4. The Morgan fingerprint density at radius 3 is 1.64 bits per heavy atom. The summed E-state index contributed by atoms with van der Waals surface area (Å²) in [7, 11) is 0. The number of carbonyl (C=O) groups excluding carboxylic acids is 4. The van der Waals surface area contributed by atoms with Gasteiger partial charge in [0, 0.05) is 27.6 Å². The summed E-state index contributed by atoms with van der Waals surface area (Å²) >= 11 is 12.4. The van der Waals surface area contributed by atoms with Gasteiger partial charge in [-0.25, -0.2) is 0 Å². The molecular weight excluding hydrogens is 854 g/mol. The molecule has 0 atom stereocenters. The number of rotatable bonds is 16. The van der Waals surface area contributed by atoms with Crippen molar-refractivity contribution < 1.29 is 206 Å². The predicted molar refractivity (Wildman–Crippen MR) is 181 cm³/mol. The van der Waals surface area contributed by atoms with Gasteiger partial charge in [0.25, 0.3) is 0 Å². The van der Waals surface area contributed by atoms with E-state index >= 15 is 0 Å². The predicted octanol–water partition coefficient (Wildman–Crippen LogP) is -15.7. The van der Waals surface area contributed by atoms with E-state index in [4.69, 9.17) is 37.1 Å². The first-order chi connectivity index (χ1) is 25.1. The summed E-state index contributed by atoms with van der Waals surface area (Å²) in [4.78, 5) is 60.3. The van der Waals surface area contributed by atoms with Crippen molar-refractivity contribution in [2.45, 2.75) is 6.92 Å². The number of hydrogen-bond acceptors (Lipinski definition) is 15. The molecule has 0 unspecified atom stereocenters. The van der Waals surface area contributed by atoms with Crippen molar-refractivity contribution >= 4 is 69.4 Å². The van der Waals surface area contributed by atoms with Crippen molar-refractivity contribution in [3.05, 3.63) is 86.5 Å². The maximum absolute atomic E-state index is 12.4. The average molecular weight is 879 g/mol. The van der Waals surface area contributed by atoms with Crippen LogP contribution in [0.1, 0.15) is 5.56 Å². The molecule has 276 valence electrons. The van der Waals surface area contributed by atoms with Crippen molar-refractivity contribution in [2.24, 2.45) is 0 Å². The third-order valence-corrected chi connectivity index (χ3v) is 8.34. The number of aliphatic carboxylic acids is 4. The van der Waals surface area contributed by atoms with Gasteiger partial charge in [0.2, 0.25) is 5.43 Å². The van der Waals surface area contributed by atoms with Crippen LogP contribution in [-0.2, 0) is 19.2 Å². The molecule has 5 rings (SSSR count). The number of carboxylic acids is 4. The maximum Gasteiger partial charge on any atom is 1.00 e. The molecule has 0 amide bonds. The van der Waals surface area contributed by atoms with Gasteiger partial charge in [-0.1, -0.05) is 41.1 Å². The zero-order chi connectivity index (χ0) is 38.6. The van der Waals surface area contributed by atoms with Crippen LogP contribution < -0.4 is 198 Å². The molecule has 15 nitrogen and oxygen atoms in total. The van der Waals surface area contributed by atoms with Crippen LogP contribution in [0.15, 0.2) is 69.9 Å². The van der Waals surface area contributed by atoms with Crippen LogP contribution in [0.2, 0.25) is 10.0 Å². The van der Waals surface area contributed by atoms with Gasteiger partial charge in [-0.3, -0.25) is 4.79 Å². The quantitative estimate of drug-likeness (QED) is 0.0508. The Hall–Kier alpha value is -1.19. The smallest absolute Gasteiger partial charge is 0.871 e. The van der Waals surface area contributed by atoms with E-state index in [-0.39, 0.29) is 205 Å². The SMILES string of the molecule is Cc1ccc(N(CC(=O)[O-])CC(=O)[O-])c(OCCOc2cc(-c3c4cc(Cl)c(=O)cc-4oc4cc([O-])c(Cl)cc34)ccc2N(CC(=O)[O-])CC(=O)[O-])c1.[Na+].[Na+].[Na+].[Na+].[Na+]. The van der Waals surface area contributed by atoms with Crippen LogP contribution in [-0.4, -0.2) is 63.3 Å². The Balaban J connectivity index is 0.00000650. The van der Waals surface area contributed by atoms with Crippen LogP contribution in [0.4, 0.5) is 11.4 Å². The van der Waals surface area contributed by atoms with Gasteiger partial charge in [-0.05, 0) is 60.5 Å². The third kappa shape index (κ3) is 14.7. The van der Waals surface area contributed by atoms with Gasteiger partial charge in [0.05, 0.1) is 66.5 Å². The molecular formula is C36H25Cl2N2Na5O13. The minimum atomic E-state index is -1.61. The Morgan fingerprint density at radius 1 is 0.655 bits per heavy atom. The van der Waals surface area contributed by atoms with E-state index in [1.165, 1.54) is 42.5 Å². The summed E-state index contributed by atoms with van der Waals surface area (Å²) in [5, 5.41) is 58.5. The summed E-state index contributed by atoms with van der Waals surface area (Å²) in [5.74, 6) is -6.77. The van der Waals surface area contributed by atoms with E-state index in [1.807, 2.05) is 0 Å². The minimum absolute atomic E-state index is 0. The molecule has 1 aliphatic carbocycles. The number of hydrogen-bond donors (Lipinski definition) is 0. The first-order valence-corrected chi connectivity index (χ1v) is 16.2. The molecule has 3 aromatic rings. The van der Waals surface area contributed by atoms with Crippen LogP contribution in [0.5, 0.6) is 17.2 Å². The molecule has 1 aliphatic heterocycles. The summed E-state index contributed by atoms with van der Waals surface area (Å²) in [6.07, 6.45) is 0. The second-order valence-electron chi connectivity index (χ2n) is 11.6. The van der Waals surface area contributed by atoms with E-state index in [0.717, 1.165) is 21.9 Å². The number of halogens is 2. The molecule has 0 saturated heterocycles. The zero-order valence-corrected chi connectivity index (χ0v) is 44.0. The van der Waals surface area contributed by atoms with Crippen molar-refractivity contribution in [2.75, 3.05) is 49.2 Å². The molecule has 1 heterocycles. The fraction of sp³-hybridized carbons (Fsp3) is 0.194. The number of carboxylic acid groups (broad SMARTS) is 4. The van der Waals surface area contributed by atoms with Crippen LogP contribution in [0.3, 0.4) is 0 Å². The third-order valence-electron chi connectivity index (χ3n) is 7.75. The topological polar surface area (TPSA) is 239 Å². The molecule has 2 aliphatic rings. The standard InChI is InChI=1S/C36H30Cl2N2O13.5Na/c1-18-2-4-24(39(14-32(43)44)15-33(45)46)30(8-18)51-6-7-52-31-9-19(3-5-25(31)40(16-34(47)48)17-35(49)50)36-20-10-22(37)26(41)12-28(20)53-29-13-27(42)23(38)11-21(29)36;;;;;/h2-5,8-13,41H,6-7,14-17H2,1H3,(H,43,44)(H,45,46)(H,47,48)(H,49,50);;;;;/q;5*+1/p-5. The molecule has 22 heteroatoms. The van der Waals surface area contributed by atoms with E-state index in [2.05, 4.69) is 0 Å². The minimum Gasteiger partial charge on any atom is -0.871 e. The summed E-state index contributed by atoms with van der Waals surface area (Å²) < 4.78 is 17.8. The second-order valence-corrected chi connectivity index (χ2v) is 12.4. The van der Waals surface area contributed by atoms with Crippen LogP contribution in [0, 0.1) is 6.92 Å². The maximum atomic E-state index is 12.4. The number of fused-ring (bicyclic) bond motifs is 2. The normalized spacial score (nSPS) is 10.1. The number of ether oxygens (including phenoxy) is 2. The van der Waals surface area contributed by atoms with Crippen molar-refractivity contribution in [1.82, 2.24) is 0 Å². The largest absolute Gasteiger partial charge is 1.00 e. The molecule has 0 fully saturated rings. The first kappa shape index (κ1) is 56.8. The van der Waals surface area contributed by atoms with Crippen molar-refractivity contribution in [3.8, 4) is 39.7 Å². The zero-order valence-electron chi connectivity index (χ0n) is 32.5. The fourth-order valence-corrected chi connectivity index (χ4v) is 5.95. The van der Waals surface area contributed by atoms with Gasteiger partial charge in [-0.2, -0.15) is 0 Å². The van der Waals surface area contributed by atoms with Gasteiger partial charge in [0.1, 0.15) is 36.1 Å². The average Bonchev–Trinajstić information content (AvgIpc) is 3.06. The molecule has 58 heavy (non-hydrogen) atoms. The van der Waals surface area contributed by atoms with Crippen molar-refractivity contribution in [3.63, 3.8) is 0 Å². The van der Waals surface area contributed by atoms with Gasteiger partial charge < -0.3 is 68.4 Å². The Kier molecular flexibility index (Phi) is 25.1. The van der Waals surface area contributed by atoms with E-state index in [9.17, 15) is 49.5 Å². The molecule has 0 bridgehead atoms.